The smallest absolute Gasteiger partial charge is 0.406 e. The number of rotatable bonds is 6. The van der Waals surface area contributed by atoms with Gasteiger partial charge in [0.05, 0.1) is 6.20 Å². The summed E-state index contributed by atoms with van der Waals surface area (Å²) in [4.78, 5) is 14.0. The van der Waals surface area contributed by atoms with Crippen LogP contribution < -0.4 is 21.1 Å². The van der Waals surface area contributed by atoms with Gasteiger partial charge in [-0.1, -0.05) is 12.8 Å². The second-order valence-corrected chi connectivity index (χ2v) is 9.10. The number of anilines is 3. The number of ether oxygens (including phenoxy) is 1. The molecule has 0 spiro atoms. The molecule has 0 atom stereocenters. The van der Waals surface area contributed by atoms with Crippen molar-refractivity contribution in [1.82, 2.24) is 19.5 Å². The lowest BCUT2D eigenvalue weighted by molar-refractivity contribution is -0.274. The van der Waals surface area contributed by atoms with E-state index >= 15 is 0 Å². The van der Waals surface area contributed by atoms with Gasteiger partial charge in [0.1, 0.15) is 11.3 Å². The van der Waals surface area contributed by atoms with Gasteiger partial charge in [0, 0.05) is 23.8 Å². The van der Waals surface area contributed by atoms with Crippen LogP contribution in [0, 0.1) is 0 Å². The molecule has 2 aliphatic rings. The summed E-state index contributed by atoms with van der Waals surface area (Å²) in [5, 5.41) is 6.70. The predicted octanol–water partition coefficient (Wildman–Crippen LogP) is 5.27. The van der Waals surface area contributed by atoms with Gasteiger partial charge in [0.15, 0.2) is 5.65 Å². The number of fused-ring (bicyclic) bond motifs is 1. The van der Waals surface area contributed by atoms with Gasteiger partial charge >= 0.3 is 6.36 Å². The molecule has 0 unspecified atom stereocenters. The average Bonchev–Trinajstić information content (AvgIpc) is 3.43. The Morgan fingerprint density at radius 3 is 2.35 bits per heavy atom. The molecule has 182 valence electrons. The Balaban J connectivity index is 1.41. The van der Waals surface area contributed by atoms with Gasteiger partial charge in [0.25, 0.3) is 0 Å². The minimum atomic E-state index is -4.72. The second-order valence-electron chi connectivity index (χ2n) is 9.10. The van der Waals surface area contributed by atoms with E-state index in [2.05, 4.69) is 24.9 Å². The summed E-state index contributed by atoms with van der Waals surface area (Å²) < 4.78 is 43.4. The van der Waals surface area contributed by atoms with Crippen LogP contribution in [0.2, 0.25) is 0 Å². The first-order chi connectivity index (χ1) is 16.3. The summed E-state index contributed by atoms with van der Waals surface area (Å²) in [6.07, 6.45) is 5.25. The molecule has 34 heavy (non-hydrogen) atoms. The Hall–Kier alpha value is -3.08. The number of aromatic nitrogens is 4. The number of hydrogen-bond acceptors (Lipinski definition) is 7. The Morgan fingerprint density at radius 2 is 1.68 bits per heavy atom. The van der Waals surface area contributed by atoms with Crippen molar-refractivity contribution in [2.45, 2.75) is 75.9 Å². The molecule has 0 amide bonds. The standard InChI is InChI=1S/C23H28F3N7O/c24-23(25,26)34-18-11-9-16(10-12-18)30-22-31-19-13-28-21(29-15-7-5-14(27)6-8-15)32-20(19)33(22)17-3-1-2-4-17/h9-15,17H,1-8,27H2,(H,30,31)(H,28,29,32). The SMILES string of the molecule is NC1CCC(Nc2ncc3nc(Nc4ccc(OC(F)(F)F)cc4)n(C4CCCC4)c3n2)CC1. The number of benzene rings is 1. The molecule has 2 aromatic heterocycles. The van der Waals surface area contributed by atoms with Gasteiger partial charge in [-0.15, -0.1) is 13.2 Å². The lowest BCUT2D eigenvalue weighted by Gasteiger charge is -2.26. The summed E-state index contributed by atoms with van der Waals surface area (Å²) in [5.74, 6) is 0.904. The molecular formula is C23H28F3N7O. The summed E-state index contributed by atoms with van der Waals surface area (Å²) in [7, 11) is 0. The topological polar surface area (TPSA) is 103 Å². The Bertz CT molecular complexity index is 1120. The van der Waals surface area contributed by atoms with Crippen molar-refractivity contribution in [3.8, 4) is 5.75 Å². The van der Waals surface area contributed by atoms with Crippen LogP contribution in [0.1, 0.15) is 57.4 Å². The van der Waals surface area contributed by atoms with Crippen molar-refractivity contribution in [2.24, 2.45) is 5.73 Å². The van der Waals surface area contributed by atoms with Gasteiger partial charge in [0.2, 0.25) is 11.9 Å². The van der Waals surface area contributed by atoms with Crippen molar-refractivity contribution >= 4 is 28.7 Å². The van der Waals surface area contributed by atoms with E-state index in [1.807, 2.05) is 0 Å². The van der Waals surface area contributed by atoms with Crippen molar-refractivity contribution in [1.29, 1.82) is 0 Å². The predicted molar refractivity (Wildman–Crippen MR) is 123 cm³/mol. The van der Waals surface area contributed by atoms with Crippen molar-refractivity contribution < 1.29 is 17.9 Å². The third-order valence-corrected chi connectivity index (χ3v) is 6.57. The molecule has 0 aliphatic heterocycles. The number of nitrogens with one attached hydrogen (secondary N) is 2. The van der Waals surface area contributed by atoms with Crippen molar-refractivity contribution in [2.75, 3.05) is 10.6 Å². The molecule has 5 rings (SSSR count). The largest absolute Gasteiger partial charge is 0.573 e. The second kappa shape index (κ2) is 9.28. The van der Waals surface area contributed by atoms with Gasteiger partial charge < -0.3 is 21.1 Å². The van der Waals surface area contributed by atoms with E-state index in [-0.39, 0.29) is 17.8 Å². The van der Waals surface area contributed by atoms with E-state index in [1.165, 1.54) is 24.3 Å². The van der Waals surface area contributed by atoms with Gasteiger partial charge in [-0.3, -0.25) is 4.57 Å². The van der Waals surface area contributed by atoms with E-state index in [0.717, 1.165) is 57.0 Å². The molecule has 8 nitrogen and oxygen atoms in total. The molecule has 1 aromatic carbocycles. The van der Waals surface area contributed by atoms with Crippen LogP contribution in [0.4, 0.5) is 30.8 Å². The average molecular weight is 476 g/mol. The number of halogens is 3. The maximum atomic E-state index is 12.5. The van der Waals surface area contributed by atoms with E-state index in [4.69, 9.17) is 15.7 Å². The summed E-state index contributed by atoms with van der Waals surface area (Å²) in [5.41, 5.74) is 8.04. The lowest BCUT2D eigenvalue weighted by atomic mass is 9.92. The molecule has 3 aromatic rings. The number of nitrogens with zero attached hydrogens (tertiary/aromatic N) is 4. The minimum absolute atomic E-state index is 0.246. The van der Waals surface area contributed by atoms with Crippen molar-refractivity contribution in [3.63, 3.8) is 0 Å². The van der Waals surface area contributed by atoms with Crippen LogP contribution >= 0.6 is 0 Å². The van der Waals surface area contributed by atoms with E-state index < -0.39 is 6.36 Å². The first-order valence-corrected chi connectivity index (χ1v) is 11.7. The lowest BCUT2D eigenvalue weighted by Crippen LogP contribution is -2.33. The number of hydrogen-bond donors (Lipinski definition) is 3. The van der Waals surface area contributed by atoms with Crippen LogP contribution in [-0.2, 0) is 0 Å². The van der Waals surface area contributed by atoms with Gasteiger partial charge in [-0.2, -0.15) is 4.98 Å². The molecule has 2 fully saturated rings. The van der Waals surface area contributed by atoms with Crippen LogP contribution in [-0.4, -0.2) is 38.0 Å². The highest BCUT2D eigenvalue weighted by molar-refractivity contribution is 5.76. The fourth-order valence-corrected chi connectivity index (χ4v) is 4.87. The zero-order valence-corrected chi connectivity index (χ0v) is 18.7. The number of alkyl halides is 3. The van der Waals surface area contributed by atoms with Crippen LogP contribution in [0.5, 0.6) is 5.75 Å². The van der Waals surface area contributed by atoms with Gasteiger partial charge in [-0.05, 0) is 62.8 Å². The van der Waals surface area contributed by atoms with Crippen LogP contribution in [0.25, 0.3) is 11.2 Å². The molecule has 2 heterocycles. The fraction of sp³-hybridized carbons (Fsp3) is 0.522. The first-order valence-electron chi connectivity index (χ1n) is 11.7. The quantitative estimate of drug-likeness (QED) is 0.447. The normalized spacial score (nSPS) is 21.6. The molecule has 4 N–H and O–H groups in total. The number of imidazole rings is 1. The highest BCUT2D eigenvalue weighted by atomic mass is 19.4. The fourth-order valence-electron chi connectivity index (χ4n) is 4.87. The molecule has 2 saturated carbocycles. The van der Waals surface area contributed by atoms with Crippen molar-refractivity contribution in [3.05, 3.63) is 30.5 Å². The maximum absolute atomic E-state index is 12.5. The van der Waals surface area contributed by atoms with E-state index in [1.54, 1.807) is 6.20 Å². The minimum Gasteiger partial charge on any atom is -0.406 e. The summed E-state index contributed by atoms with van der Waals surface area (Å²) >= 11 is 0. The van der Waals surface area contributed by atoms with Crippen LogP contribution in [0.15, 0.2) is 30.5 Å². The molecule has 0 saturated heterocycles. The summed E-state index contributed by atoms with van der Waals surface area (Å²) in [6, 6.07) is 6.43. The van der Waals surface area contributed by atoms with E-state index in [9.17, 15) is 13.2 Å². The third-order valence-electron chi connectivity index (χ3n) is 6.57. The van der Waals surface area contributed by atoms with Crippen LogP contribution in [0.3, 0.4) is 0 Å². The monoisotopic (exact) mass is 475 g/mol. The first kappa shape index (κ1) is 22.7. The summed E-state index contributed by atoms with van der Waals surface area (Å²) in [6.45, 7) is 0. The van der Waals surface area contributed by atoms with Gasteiger partial charge in [-0.25, -0.2) is 9.97 Å². The Labute approximate surface area is 195 Å². The number of nitrogens with two attached hydrogens (primary N) is 1. The zero-order chi connectivity index (χ0) is 23.7. The maximum Gasteiger partial charge on any atom is 0.573 e. The molecular weight excluding hydrogens is 447 g/mol. The zero-order valence-electron chi connectivity index (χ0n) is 18.7. The Morgan fingerprint density at radius 1 is 0.971 bits per heavy atom. The third kappa shape index (κ3) is 5.19. The Kier molecular flexibility index (Phi) is 6.20. The highest BCUT2D eigenvalue weighted by Crippen LogP contribution is 2.36. The molecule has 0 radical (unpaired) electrons. The highest BCUT2D eigenvalue weighted by Gasteiger charge is 2.31. The molecule has 0 bridgehead atoms. The molecule has 2 aliphatic carbocycles. The molecule has 11 heteroatoms. The van der Waals surface area contributed by atoms with E-state index in [0.29, 0.717) is 29.1 Å².